The van der Waals surface area contributed by atoms with E-state index >= 15 is 0 Å². The summed E-state index contributed by atoms with van der Waals surface area (Å²) in [6.45, 7) is 2.38. The van der Waals surface area contributed by atoms with Crippen LogP contribution in [0.1, 0.15) is 13.3 Å². The van der Waals surface area contributed by atoms with Gasteiger partial charge in [0, 0.05) is 18.6 Å². The second kappa shape index (κ2) is 7.21. The minimum Gasteiger partial charge on any atom is -0.495 e. The fourth-order valence-electron chi connectivity index (χ4n) is 1.56. The number of carbonyl (C=O) groups is 1. The van der Waals surface area contributed by atoms with Crippen molar-refractivity contribution in [3.63, 3.8) is 0 Å². The Hall–Kier alpha value is -1.46. The Morgan fingerprint density at radius 2 is 2.00 bits per heavy atom. The van der Waals surface area contributed by atoms with Crippen LogP contribution in [0.4, 0.5) is 5.69 Å². The van der Waals surface area contributed by atoms with Gasteiger partial charge in [-0.3, -0.25) is 4.79 Å². The molecular formula is C13H19ClN2O3. The molecule has 19 heavy (non-hydrogen) atoms. The lowest BCUT2D eigenvalue weighted by molar-refractivity contribution is -0.116. The van der Waals surface area contributed by atoms with Gasteiger partial charge in [0.2, 0.25) is 5.91 Å². The molecule has 5 nitrogen and oxygen atoms in total. The van der Waals surface area contributed by atoms with Crippen molar-refractivity contribution < 1.29 is 14.3 Å². The predicted octanol–water partition coefficient (Wildman–Crippen LogP) is 2.28. The first-order valence-corrected chi connectivity index (χ1v) is 6.31. The van der Waals surface area contributed by atoms with Crippen LogP contribution in [0.3, 0.4) is 0 Å². The molecule has 0 spiro atoms. The highest BCUT2D eigenvalue weighted by molar-refractivity contribution is 6.32. The Balaban J connectivity index is 2.90. The largest absolute Gasteiger partial charge is 0.495 e. The number of carbonyl (C=O) groups excluding carboxylic acids is 1. The van der Waals surface area contributed by atoms with Crippen LogP contribution in [0.5, 0.6) is 11.5 Å². The second-order valence-corrected chi connectivity index (χ2v) is 4.69. The van der Waals surface area contributed by atoms with Crippen LogP contribution in [0, 0.1) is 5.92 Å². The van der Waals surface area contributed by atoms with Gasteiger partial charge in [-0.05, 0) is 12.5 Å². The molecule has 1 aromatic carbocycles. The lowest BCUT2D eigenvalue weighted by Crippen LogP contribution is -2.20. The van der Waals surface area contributed by atoms with Crippen LogP contribution in [0.25, 0.3) is 0 Å². The van der Waals surface area contributed by atoms with Gasteiger partial charge in [0.05, 0.1) is 24.9 Å². The Labute approximate surface area is 118 Å². The van der Waals surface area contributed by atoms with Crippen molar-refractivity contribution in [1.82, 2.24) is 0 Å². The number of halogens is 1. The van der Waals surface area contributed by atoms with Gasteiger partial charge in [0.1, 0.15) is 11.5 Å². The molecule has 0 aliphatic carbocycles. The van der Waals surface area contributed by atoms with E-state index in [-0.39, 0.29) is 11.8 Å². The van der Waals surface area contributed by atoms with Crippen LogP contribution in [-0.2, 0) is 4.79 Å². The number of benzene rings is 1. The molecule has 1 unspecified atom stereocenters. The summed E-state index contributed by atoms with van der Waals surface area (Å²) in [5, 5.41) is 3.19. The molecular weight excluding hydrogens is 268 g/mol. The number of nitrogens with one attached hydrogen (secondary N) is 1. The maximum atomic E-state index is 11.8. The van der Waals surface area contributed by atoms with Crippen molar-refractivity contribution in [1.29, 1.82) is 0 Å². The van der Waals surface area contributed by atoms with Crippen LogP contribution < -0.4 is 20.5 Å². The van der Waals surface area contributed by atoms with Crippen molar-refractivity contribution in [2.24, 2.45) is 11.7 Å². The molecule has 3 N–H and O–H groups in total. The predicted molar refractivity (Wildman–Crippen MR) is 76.0 cm³/mol. The zero-order chi connectivity index (χ0) is 14.4. The molecule has 1 amide bonds. The third-order valence-electron chi connectivity index (χ3n) is 2.68. The lowest BCUT2D eigenvalue weighted by atomic mass is 10.1. The van der Waals surface area contributed by atoms with E-state index in [1.54, 1.807) is 12.1 Å². The van der Waals surface area contributed by atoms with E-state index in [1.165, 1.54) is 14.2 Å². The molecule has 6 heteroatoms. The number of ether oxygens (including phenoxy) is 2. The maximum Gasteiger partial charge on any atom is 0.224 e. The van der Waals surface area contributed by atoms with E-state index in [9.17, 15) is 4.79 Å². The topological polar surface area (TPSA) is 73.6 Å². The minimum absolute atomic E-state index is 0.124. The molecule has 1 aromatic rings. The lowest BCUT2D eigenvalue weighted by Gasteiger charge is -2.14. The summed E-state index contributed by atoms with van der Waals surface area (Å²) in [5.74, 6) is 0.963. The van der Waals surface area contributed by atoms with E-state index in [0.29, 0.717) is 35.2 Å². The highest BCUT2D eigenvalue weighted by Crippen LogP contribution is 2.35. The fourth-order valence-corrected chi connectivity index (χ4v) is 1.79. The summed E-state index contributed by atoms with van der Waals surface area (Å²) >= 11 is 5.99. The molecule has 1 atom stereocenters. The number of methoxy groups -OCH3 is 2. The zero-order valence-corrected chi connectivity index (χ0v) is 12.1. The standard InChI is InChI=1S/C13H19ClN2O3/c1-8(7-15)4-13(17)16-10-6-11(18-2)9(14)5-12(10)19-3/h5-6,8H,4,7,15H2,1-3H3,(H,16,17). The third-order valence-corrected chi connectivity index (χ3v) is 2.98. The quantitative estimate of drug-likeness (QED) is 0.841. The molecule has 0 saturated carbocycles. The number of anilines is 1. The zero-order valence-electron chi connectivity index (χ0n) is 11.3. The number of hydrogen-bond donors (Lipinski definition) is 2. The first-order chi connectivity index (χ1) is 9.01. The van der Waals surface area contributed by atoms with E-state index < -0.39 is 0 Å². The van der Waals surface area contributed by atoms with E-state index in [4.69, 9.17) is 26.8 Å². The summed E-state index contributed by atoms with van der Waals surface area (Å²) in [6, 6.07) is 3.23. The maximum absolute atomic E-state index is 11.8. The SMILES string of the molecule is COc1cc(NC(=O)CC(C)CN)c(OC)cc1Cl. The minimum atomic E-state index is -0.124. The Kier molecular flexibility index (Phi) is 5.92. The van der Waals surface area contributed by atoms with Gasteiger partial charge in [0.15, 0.2) is 0 Å². The summed E-state index contributed by atoms with van der Waals surface area (Å²) in [4.78, 5) is 11.8. The highest BCUT2D eigenvalue weighted by Gasteiger charge is 2.14. The van der Waals surface area contributed by atoms with Gasteiger partial charge in [-0.1, -0.05) is 18.5 Å². The Morgan fingerprint density at radius 1 is 1.37 bits per heavy atom. The summed E-state index contributed by atoms with van der Waals surface area (Å²) in [6.07, 6.45) is 0.352. The molecule has 0 saturated heterocycles. The first kappa shape index (κ1) is 15.6. The second-order valence-electron chi connectivity index (χ2n) is 4.28. The molecule has 0 radical (unpaired) electrons. The van der Waals surface area contributed by atoms with E-state index in [1.807, 2.05) is 6.92 Å². The molecule has 1 rings (SSSR count). The van der Waals surface area contributed by atoms with Gasteiger partial charge in [-0.2, -0.15) is 0 Å². The van der Waals surface area contributed by atoms with Crippen LogP contribution in [0.15, 0.2) is 12.1 Å². The van der Waals surface area contributed by atoms with Crippen molar-refractivity contribution in [3.8, 4) is 11.5 Å². The highest BCUT2D eigenvalue weighted by atomic mass is 35.5. The van der Waals surface area contributed by atoms with Crippen molar-refractivity contribution >= 4 is 23.2 Å². The van der Waals surface area contributed by atoms with Crippen LogP contribution in [-0.4, -0.2) is 26.7 Å². The van der Waals surface area contributed by atoms with E-state index in [0.717, 1.165) is 0 Å². The van der Waals surface area contributed by atoms with Crippen molar-refractivity contribution in [3.05, 3.63) is 17.2 Å². The smallest absolute Gasteiger partial charge is 0.224 e. The average molecular weight is 287 g/mol. The van der Waals surface area contributed by atoms with Gasteiger partial charge >= 0.3 is 0 Å². The summed E-state index contributed by atoms with van der Waals surface area (Å²) < 4.78 is 10.3. The summed E-state index contributed by atoms with van der Waals surface area (Å²) in [7, 11) is 3.02. The Bertz CT molecular complexity index is 452. The molecule has 0 bridgehead atoms. The van der Waals surface area contributed by atoms with Gasteiger partial charge in [-0.15, -0.1) is 0 Å². The molecule has 0 aromatic heterocycles. The van der Waals surface area contributed by atoms with E-state index in [2.05, 4.69) is 5.32 Å². The molecule has 106 valence electrons. The molecule has 0 aliphatic rings. The first-order valence-electron chi connectivity index (χ1n) is 5.93. The summed E-state index contributed by atoms with van der Waals surface area (Å²) in [5.41, 5.74) is 6.02. The van der Waals surface area contributed by atoms with Gasteiger partial charge < -0.3 is 20.5 Å². The Morgan fingerprint density at radius 3 is 2.53 bits per heavy atom. The van der Waals surface area contributed by atoms with Crippen LogP contribution >= 0.6 is 11.6 Å². The van der Waals surface area contributed by atoms with Crippen molar-refractivity contribution in [2.45, 2.75) is 13.3 Å². The number of rotatable bonds is 6. The van der Waals surface area contributed by atoms with Crippen LogP contribution in [0.2, 0.25) is 5.02 Å². The molecule has 0 aliphatic heterocycles. The number of hydrogen-bond acceptors (Lipinski definition) is 4. The van der Waals surface area contributed by atoms with Gasteiger partial charge in [0.25, 0.3) is 0 Å². The van der Waals surface area contributed by atoms with Crippen molar-refractivity contribution in [2.75, 3.05) is 26.1 Å². The molecule has 0 heterocycles. The number of nitrogens with two attached hydrogens (primary N) is 1. The number of amides is 1. The monoisotopic (exact) mass is 286 g/mol. The van der Waals surface area contributed by atoms with Gasteiger partial charge in [-0.25, -0.2) is 0 Å². The third kappa shape index (κ3) is 4.29. The molecule has 0 fully saturated rings. The fraction of sp³-hybridized carbons (Fsp3) is 0.462. The normalized spacial score (nSPS) is 11.8. The average Bonchev–Trinajstić information content (AvgIpc) is 2.39.